The number of carbonyl (C=O) groups is 1. The molecule has 0 amide bonds. The standard InChI is InChI=1S/C6H10O6/c7-2-1-12-5(6(10)11)4(9)3(2)8/h2-5,7-9H,1H2,(H,10,11)/t2-,3+,4+,5-/m1/s1. The average Bonchev–Trinajstić information content (AvgIpc) is 2.00. The van der Waals surface area contributed by atoms with Gasteiger partial charge in [-0.1, -0.05) is 0 Å². The molecule has 0 aromatic heterocycles. The largest absolute Gasteiger partial charge is 0.479 e. The van der Waals surface area contributed by atoms with E-state index in [2.05, 4.69) is 4.74 Å². The lowest BCUT2D eigenvalue weighted by atomic mass is 10.0. The molecule has 0 aromatic carbocycles. The van der Waals surface area contributed by atoms with Crippen molar-refractivity contribution < 1.29 is 30.0 Å². The molecule has 1 aliphatic rings. The van der Waals surface area contributed by atoms with Gasteiger partial charge in [-0.25, -0.2) is 4.79 Å². The van der Waals surface area contributed by atoms with E-state index >= 15 is 0 Å². The Hall–Kier alpha value is -0.690. The van der Waals surface area contributed by atoms with Crippen LogP contribution in [0.25, 0.3) is 0 Å². The van der Waals surface area contributed by atoms with E-state index in [1.165, 1.54) is 0 Å². The predicted molar refractivity (Wildman–Crippen MR) is 35.4 cm³/mol. The number of hydrogen-bond acceptors (Lipinski definition) is 5. The van der Waals surface area contributed by atoms with Crippen LogP contribution in [-0.2, 0) is 9.53 Å². The number of carboxylic acid groups (broad SMARTS) is 1. The van der Waals surface area contributed by atoms with Gasteiger partial charge in [-0.3, -0.25) is 0 Å². The molecule has 70 valence electrons. The zero-order chi connectivity index (χ0) is 9.30. The second-order valence-electron chi connectivity index (χ2n) is 2.64. The van der Waals surface area contributed by atoms with Crippen LogP contribution in [0.15, 0.2) is 0 Å². The van der Waals surface area contributed by atoms with Gasteiger partial charge in [0.25, 0.3) is 0 Å². The molecule has 1 heterocycles. The number of ether oxygens (including phenoxy) is 1. The predicted octanol–water partition coefficient (Wildman–Crippen LogP) is -2.45. The van der Waals surface area contributed by atoms with E-state index in [1.807, 2.05) is 0 Å². The number of rotatable bonds is 1. The van der Waals surface area contributed by atoms with Crippen molar-refractivity contribution in [2.24, 2.45) is 0 Å². The van der Waals surface area contributed by atoms with Crippen molar-refractivity contribution in [1.29, 1.82) is 0 Å². The molecule has 6 nitrogen and oxygen atoms in total. The van der Waals surface area contributed by atoms with Gasteiger partial charge >= 0.3 is 5.97 Å². The summed E-state index contributed by atoms with van der Waals surface area (Å²) in [6.07, 6.45) is -5.72. The Morgan fingerprint density at radius 3 is 2.33 bits per heavy atom. The van der Waals surface area contributed by atoms with Gasteiger partial charge in [0.05, 0.1) is 6.61 Å². The van der Waals surface area contributed by atoms with Crippen LogP contribution in [-0.4, -0.2) is 57.4 Å². The summed E-state index contributed by atoms with van der Waals surface area (Å²) in [5.41, 5.74) is 0. The quantitative estimate of drug-likeness (QED) is 0.355. The van der Waals surface area contributed by atoms with Crippen LogP contribution in [0.3, 0.4) is 0 Å². The van der Waals surface area contributed by atoms with E-state index in [4.69, 9.17) is 20.4 Å². The van der Waals surface area contributed by atoms with Gasteiger partial charge in [0.2, 0.25) is 0 Å². The Bertz CT molecular complexity index is 181. The van der Waals surface area contributed by atoms with Gasteiger partial charge in [0.1, 0.15) is 18.3 Å². The fourth-order valence-electron chi connectivity index (χ4n) is 1.02. The first kappa shape index (κ1) is 9.40. The van der Waals surface area contributed by atoms with Crippen molar-refractivity contribution in [3.63, 3.8) is 0 Å². The molecule has 0 radical (unpaired) electrons. The van der Waals surface area contributed by atoms with Crippen molar-refractivity contribution in [3.8, 4) is 0 Å². The van der Waals surface area contributed by atoms with Gasteiger partial charge in [-0.15, -0.1) is 0 Å². The van der Waals surface area contributed by atoms with E-state index < -0.39 is 30.4 Å². The summed E-state index contributed by atoms with van der Waals surface area (Å²) < 4.78 is 4.57. The molecule has 12 heavy (non-hydrogen) atoms. The van der Waals surface area contributed by atoms with Gasteiger partial charge in [0, 0.05) is 0 Å². The molecule has 6 heteroatoms. The maximum absolute atomic E-state index is 10.3. The topological polar surface area (TPSA) is 107 Å². The Balaban J connectivity index is 2.65. The first-order valence-electron chi connectivity index (χ1n) is 3.42. The Kier molecular flexibility index (Phi) is 2.63. The first-order chi connectivity index (χ1) is 5.54. The van der Waals surface area contributed by atoms with Gasteiger partial charge < -0.3 is 25.2 Å². The van der Waals surface area contributed by atoms with Crippen LogP contribution in [0, 0.1) is 0 Å². The molecule has 0 unspecified atom stereocenters. The first-order valence-corrected chi connectivity index (χ1v) is 3.42. The third-order valence-electron chi connectivity index (χ3n) is 1.74. The second-order valence-corrected chi connectivity index (χ2v) is 2.64. The Labute approximate surface area is 68.0 Å². The van der Waals surface area contributed by atoms with Gasteiger partial charge in [-0.2, -0.15) is 0 Å². The zero-order valence-corrected chi connectivity index (χ0v) is 6.12. The minimum absolute atomic E-state index is 0.283. The van der Waals surface area contributed by atoms with E-state index in [9.17, 15) is 4.79 Å². The van der Waals surface area contributed by atoms with E-state index in [-0.39, 0.29) is 6.61 Å². The molecule has 1 saturated heterocycles. The van der Waals surface area contributed by atoms with Crippen LogP contribution in [0.2, 0.25) is 0 Å². The highest BCUT2D eigenvalue weighted by Crippen LogP contribution is 2.15. The highest BCUT2D eigenvalue weighted by atomic mass is 16.5. The summed E-state index contributed by atoms with van der Waals surface area (Å²) >= 11 is 0. The molecule has 4 atom stereocenters. The van der Waals surface area contributed by atoms with Crippen LogP contribution in [0.4, 0.5) is 0 Å². The summed E-state index contributed by atoms with van der Waals surface area (Å²) in [5, 5.41) is 35.4. The highest BCUT2D eigenvalue weighted by Gasteiger charge is 2.41. The Morgan fingerprint density at radius 2 is 1.83 bits per heavy atom. The summed E-state index contributed by atoms with van der Waals surface area (Å²) in [6.45, 7) is -0.283. The molecule has 1 fully saturated rings. The maximum Gasteiger partial charge on any atom is 0.335 e. The van der Waals surface area contributed by atoms with Gasteiger partial charge in [0.15, 0.2) is 6.10 Å². The average molecular weight is 178 g/mol. The minimum atomic E-state index is -1.58. The number of aliphatic carboxylic acids is 1. The molecule has 0 bridgehead atoms. The lowest BCUT2D eigenvalue weighted by Gasteiger charge is -2.32. The second kappa shape index (κ2) is 3.36. The third-order valence-corrected chi connectivity index (χ3v) is 1.74. The molecule has 1 rings (SSSR count). The van der Waals surface area contributed by atoms with E-state index in [0.29, 0.717) is 0 Å². The SMILES string of the molecule is O=C(O)[C@@H]1OC[C@@H](O)[C@H](O)[C@@H]1O. The Morgan fingerprint density at radius 1 is 1.25 bits per heavy atom. The third kappa shape index (κ3) is 1.56. The number of aliphatic hydroxyl groups is 3. The zero-order valence-electron chi connectivity index (χ0n) is 6.12. The van der Waals surface area contributed by atoms with Crippen molar-refractivity contribution in [2.75, 3.05) is 6.61 Å². The summed E-state index contributed by atoms with van der Waals surface area (Å²) in [4.78, 5) is 10.3. The number of carboxylic acids is 1. The molecule has 0 spiro atoms. The minimum Gasteiger partial charge on any atom is -0.479 e. The molecule has 1 aliphatic heterocycles. The molecule has 4 N–H and O–H groups in total. The normalized spacial score (nSPS) is 42.6. The van der Waals surface area contributed by atoms with Crippen LogP contribution >= 0.6 is 0 Å². The van der Waals surface area contributed by atoms with E-state index in [0.717, 1.165) is 0 Å². The van der Waals surface area contributed by atoms with Crippen LogP contribution < -0.4 is 0 Å². The van der Waals surface area contributed by atoms with Gasteiger partial charge in [-0.05, 0) is 0 Å². The highest BCUT2D eigenvalue weighted by molar-refractivity contribution is 5.73. The summed E-state index contributed by atoms with van der Waals surface area (Å²) in [5.74, 6) is -1.35. The monoisotopic (exact) mass is 178 g/mol. The molecule has 0 saturated carbocycles. The van der Waals surface area contributed by atoms with Crippen molar-refractivity contribution in [2.45, 2.75) is 24.4 Å². The van der Waals surface area contributed by atoms with E-state index in [1.54, 1.807) is 0 Å². The smallest absolute Gasteiger partial charge is 0.335 e. The van der Waals surface area contributed by atoms with Crippen molar-refractivity contribution in [3.05, 3.63) is 0 Å². The van der Waals surface area contributed by atoms with Crippen molar-refractivity contribution in [1.82, 2.24) is 0 Å². The van der Waals surface area contributed by atoms with Crippen LogP contribution in [0.1, 0.15) is 0 Å². The number of hydrogen-bond donors (Lipinski definition) is 4. The fraction of sp³-hybridized carbons (Fsp3) is 0.833. The summed E-state index contributed by atoms with van der Waals surface area (Å²) in [7, 11) is 0. The molecular formula is C6H10O6. The fourth-order valence-corrected chi connectivity index (χ4v) is 1.02. The molecular weight excluding hydrogens is 168 g/mol. The van der Waals surface area contributed by atoms with Crippen LogP contribution in [0.5, 0.6) is 0 Å². The maximum atomic E-state index is 10.3. The lowest BCUT2D eigenvalue weighted by molar-refractivity contribution is -0.201. The number of aliphatic hydroxyl groups excluding tert-OH is 3. The molecule has 0 aromatic rings. The lowest BCUT2D eigenvalue weighted by Crippen LogP contribution is -2.55. The molecule has 0 aliphatic carbocycles. The van der Waals surface area contributed by atoms with Crippen molar-refractivity contribution >= 4 is 5.97 Å². The summed E-state index contributed by atoms with van der Waals surface area (Å²) in [6, 6.07) is 0.